The van der Waals surface area contributed by atoms with E-state index in [2.05, 4.69) is 15.6 Å². The number of aliphatic hydroxyl groups excluding tert-OH is 1. The van der Waals surface area contributed by atoms with Gasteiger partial charge in [0.25, 0.3) is 0 Å². The SMILES string of the molecule is COc1cccc(-c2cn(CC[C@H]3CC[C@H](NC(C)=O)[C@@H](CO)O3)nn2)c1. The van der Waals surface area contributed by atoms with Crippen LogP contribution in [0.5, 0.6) is 5.75 Å². The first kappa shape index (κ1) is 19.3. The number of carbonyl (C=O) groups is 1. The molecule has 146 valence electrons. The minimum absolute atomic E-state index is 0.0247. The van der Waals surface area contributed by atoms with Gasteiger partial charge in [0.2, 0.25) is 5.91 Å². The average molecular weight is 374 g/mol. The molecule has 3 rings (SSSR count). The first-order valence-corrected chi connectivity index (χ1v) is 9.17. The standard InChI is InChI=1S/C19H26N4O4/c1-13(25)20-17-7-6-15(27-19(17)12-24)8-9-23-11-18(21-22-23)14-4-3-5-16(10-14)26-2/h3-5,10-11,15,17,19,24H,6-9,12H2,1-2H3,(H,20,25)/t15-,17+,19-/m1/s1. The molecule has 0 aliphatic carbocycles. The average Bonchev–Trinajstić information content (AvgIpc) is 3.16. The zero-order valence-electron chi connectivity index (χ0n) is 15.7. The van der Waals surface area contributed by atoms with E-state index in [9.17, 15) is 9.90 Å². The van der Waals surface area contributed by atoms with E-state index in [0.717, 1.165) is 36.3 Å². The molecular formula is C19H26N4O4. The van der Waals surface area contributed by atoms with E-state index in [0.29, 0.717) is 6.54 Å². The van der Waals surface area contributed by atoms with Crippen LogP contribution >= 0.6 is 0 Å². The number of rotatable bonds is 7. The lowest BCUT2D eigenvalue weighted by Crippen LogP contribution is -2.50. The Morgan fingerprint density at radius 2 is 2.30 bits per heavy atom. The maximum absolute atomic E-state index is 11.3. The van der Waals surface area contributed by atoms with Crippen LogP contribution in [0.25, 0.3) is 11.3 Å². The maximum atomic E-state index is 11.3. The first-order chi connectivity index (χ1) is 13.1. The number of carbonyl (C=O) groups excluding carboxylic acids is 1. The highest BCUT2D eigenvalue weighted by Gasteiger charge is 2.31. The zero-order chi connectivity index (χ0) is 19.2. The van der Waals surface area contributed by atoms with E-state index in [4.69, 9.17) is 9.47 Å². The van der Waals surface area contributed by atoms with Crippen LogP contribution in [0.3, 0.4) is 0 Å². The molecule has 1 fully saturated rings. The molecule has 1 saturated heterocycles. The van der Waals surface area contributed by atoms with Crippen LogP contribution in [-0.2, 0) is 16.1 Å². The molecule has 0 spiro atoms. The fourth-order valence-corrected chi connectivity index (χ4v) is 3.37. The number of benzene rings is 1. The van der Waals surface area contributed by atoms with E-state index >= 15 is 0 Å². The second kappa shape index (κ2) is 8.96. The highest BCUT2D eigenvalue weighted by atomic mass is 16.5. The van der Waals surface area contributed by atoms with Crippen LogP contribution in [0.4, 0.5) is 0 Å². The quantitative estimate of drug-likeness (QED) is 0.760. The number of nitrogens with zero attached hydrogens (tertiary/aromatic N) is 3. The second-order valence-corrected chi connectivity index (χ2v) is 6.75. The molecule has 2 heterocycles. The van der Waals surface area contributed by atoms with Crippen LogP contribution in [0.15, 0.2) is 30.5 Å². The van der Waals surface area contributed by atoms with Gasteiger partial charge in [-0.2, -0.15) is 0 Å². The largest absolute Gasteiger partial charge is 0.497 e. The van der Waals surface area contributed by atoms with Gasteiger partial charge in [-0.05, 0) is 31.4 Å². The third kappa shape index (κ3) is 5.05. The molecule has 27 heavy (non-hydrogen) atoms. The van der Waals surface area contributed by atoms with Gasteiger partial charge in [-0.1, -0.05) is 17.3 Å². The van der Waals surface area contributed by atoms with Crippen molar-refractivity contribution in [1.82, 2.24) is 20.3 Å². The Hall–Kier alpha value is -2.45. The zero-order valence-corrected chi connectivity index (χ0v) is 15.7. The van der Waals surface area contributed by atoms with Gasteiger partial charge in [-0.3, -0.25) is 9.48 Å². The summed E-state index contributed by atoms with van der Waals surface area (Å²) in [5, 5.41) is 20.8. The summed E-state index contributed by atoms with van der Waals surface area (Å²) in [7, 11) is 1.64. The Labute approximate surface area is 158 Å². The lowest BCUT2D eigenvalue weighted by Gasteiger charge is -2.36. The molecule has 8 nitrogen and oxygen atoms in total. The fourth-order valence-electron chi connectivity index (χ4n) is 3.37. The predicted molar refractivity (Wildman–Crippen MR) is 99.2 cm³/mol. The van der Waals surface area contributed by atoms with E-state index in [-0.39, 0.29) is 30.8 Å². The van der Waals surface area contributed by atoms with Crippen molar-refractivity contribution in [3.63, 3.8) is 0 Å². The Balaban J connectivity index is 1.55. The van der Waals surface area contributed by atoms with Crippen LogP contribution in [0.1, 0.15) is 26.2 Å². The molecular weight excluding hydrogens is 348 g/mol. The summed E-state index contributed by atoms with van der Waals surface area (Å²) in [6.07, 6.45) is 3.96. The minimum Gasteiger partial charge on any atom is -0.497 e. The molecule has 1 aromatic heterocycles. The first-order valence-electron chi connectivity index (χ1n) is 9.17. The van der Waals surface area contributed by atoms with E-state index in [1.54, 1.807) is 11.8 Å². The van der Waals surface area contributed by atoms with Crippen LogP contribution in [0, 0.1) is 0 Å². The number of amides is 1. The van der Waals surface area contributed by atoms with Gasteiger partial charge in [0.05, 0.1) is 32.1 Å². The topological polar surface area (TPSA) is 98.5 Å². The summed E-state index contributed by atoms with van der Waals surface area (Å²) >= 11 is 0. The van der Waals surface area contributed by atoms with Crippen molar-refractivity contribution in [3.05, 3.63) is 30.5 Å². The number of nitrogens with one attached hydrogen (secondary N) is 1. The van der Waals surface area contributed by atoms with Crippen molar-refractivity contribution in [2.75, 3.05) is 13.7 Å². The minimum atomic E-state index is -0.365. The fraction of sp³-hybridized carbons (Fsp3) is 0.526. The summed E-state index contributed by atoms with van der Waals surface area (Å²) in [5.41, 5.74) is 1.74. The highest BCUT2D eigenvalue weighted by molar-refractivity contribution is 5.73. The number of hydrogen-bond acceptors (Lipinski definition) is 6. The molecule has 1 aliphatic heterocycles. The Morgan fingerprint density at radius 1 is 1.44 bits per heavy atom. The van der Waals surface area contributed by atoms with Gasteiger partial charge < -0.3 is 19.9 Å². The lowest BCUT2D eigenvalue weighted by molar-refractivity contribution is -0.126. The summed E-state index contributed by atoms with van der Waals surface area (Å²) in [4.78, 5) is 11.3. The third-order valence-electron chi connectivity index (χ3n) is 4.77. The summed E-state index contributed by atoms with van der Waals surface area (Å²) in [6.45, 7) is 2.04. The predicted octanol–water partition coefficient (Wildman–Crippen LogP) is 1.39. The van der Waals surface area contributed by atoms with Crippen LogP contribution < -0.4 is 10.1 Å². The molecule has 0 bridgehead atoms. The van der Waals surface area contributed by atoms with Crippen molar-refractivity contribution in [2.24, 2.45) is 0 Å². The molecule has 1 amide bonds. The number of ether oxygens (including phenoxy) is 2. The smallest absolute Gasteiger partial charge is 0.217 e. The summed E-state index contributed by atoms with van der Waals surface area (Å²) in [6, 6.07) is 7.57. The van der Waals surface area contributed by atoms with E-state index < -0.39 is 0 Å². The number of aromatic nitrogens is 3. The molecule has 0 radical (unpaired) electrons. The highest BCUT2D eigenvalue weighted by Crippen LogP contribution is 2.24. The molecule has 8 heteroatoms. The second-order valence-electron chi connectivity index (χ2n) is 6.75. The normalized spacial score (nSPS) is 22.4. The van der Waals surface area contributed by atoms with Gasteiger partial charge in [0.1, 0.15) is 17.5 Å². The summed E-state index contributed by atoms with van der Waals surface area (Å²) < 4.78 is 13.0. The Kier molecular flexibility index (Phi) is 6.41. The molecule has 1 aliphatic rings. The maximum Gasteiger partial charge on any atom is 0.217 e. The van der Waals surface area contributed by atoms with Crippen molar-refractivity contribution in [3.8, 4) is 17.0 Å². The van der Waals surface area contributed by atoms with Crippen molar-refractivity contribution >= 4 is 5.91 Å². The summed E-state index contributed by atoms with van der Waals surface area (Å²) in [5.74, 6) is 0.676. The van der Waals surface area contributed by atoms with Crippen LogP contribution in [0.2, 0.25) is 0 Å². The van der Waals surface area contributed by atoms with Gasteiger partial charge >= 0.3 is 0 Å². The molecule has 1 aromatic carbocycles. The molecule has 0 unspecified atom stereocenters. The van der Waals surface area contributed by atoms with Gasteiger partial charge in [-0.15, -0.1) is 5.10 Å². The Morgan fingerprint density at radius 3 is 3.04 bits per heavy atom. The van der Waals surface area contributed by atoms with Crippen molar-refractivity contribution in [1.29, 1.82) is 0 Å². The lowest BCUT2D eigenvalue weighted by atomic mass is 9.97. The van der Waals surface area contributed by atoms with Crippen molar-refractivity contribution < 1.29 is 19.4 Å². The van der Waals surface area contributed by atoms with E-state index in [1.165, 1.54) is 6.92 Å². The van der Waals surface area contributed by atoms with Crippen molar-refractivity contribution in [2.45, 2.75) is 51.0 Å². The molecule has 2 aromatic rings. The number of aliphatic hydroxyl groups is 1. The number of methoxy groups -OCH3 is 1. The van der Waals surface area contributed by atoms with E-state index in [1.807, 2.05) is 30.5 Å². The van der Waals surface area contributed by atoms with Gasteiger partial charge in [0, 0.05) is 19.0 Å². The number of aryl methyl sites for hydroxylation is 1. The Bertz CT molecular complexity index is 764. The molecule has 2 N–H and O–H groups in total. The van der Waals surface area contributed by atoms with Gasteiger partial charge in [-0.25, -0.2) is 0 Å². The molecule has 3 atom stereocenters. The molecule has 0 saturated carbocycles. The number of hydrogen-bond donors (Lipinski definition) is 2. The van der Waals surface area contributed by atoms with Crippen LogP contribution in [-0.4, -0.2) is 58.0 Å². The third-order valence-corrected chi connectivity index (χ3v) is 4.77. The van der Waals surface area contributed by atoms with Gasteiger partial charge in [0.15, 0.2) is 0 Å². The monoisotopic (exact) mass is 374 g/mol.